The van der Waals surface area contributed by atoms with Crippen LogP contribution >= 0.6 is 0 Å². The lowest BCUT2D eigenvalue weighted by Crippen LogP contribution is -2.37. The number of nitrogens with one attached hydrogen (secondary N) is 1. The molecule has 0 spiro atoms. The third-order valence-electron chi connectivity index (χ3n) is 3.79. The summed E-state index contributed by atoms with van der Waals surface area (Å²) in [6, 6.07) is 7.84. The Morgan fingerprint density at radius 3 is 2.70 bits per heavy atom. The van der Waals surface area contributed by atoms with Crippen molar-refractivity contribution >= 4 is 5.97 Å². The van der Waals surface area contributed by atoms with E-state index in [0.29, 0.717) is 11.6 Å². The van der Waals surface area contributed by atoms with Gasteiger partial charge in [0, 0.05) is 19.1 Å². The third kappa shape index (κ3) is 4.32. The summed E-state index contributed by atoms with van der Waals surface area (Å²) in [5.41, 5.74) is 1.54. The summed E-state index contributed by atoms with van der Waals surface area (Å²) < 4.78 is 0. The molecule has 1 heterocycles. The van der Waals surface area contributed by atoms with E-state index >= 15 is 0 Å². The second kappa shape index (κ2) is 7.41. The molecule has 2 rings (SSSR count). The molecule has 0 radical (unpaired) electrons. The fraction of sp³-hybridized carbons (Fsp3) is 0.562. The Labute approximate surface area is 120 Å². The first-order valence-electron chi connectivity index (χ1n) is 7.47. The molecule has 1 aromatic carbocycles. The van der Waals surface area contributed by atoms with Crippen LogP contribution in [0.2, 0.25) is 0 Å². The summed E-state index contributed by atoms with van der Waals surface area (Å²) in [7, 11) is 0. The maximum atomic E-state index is 10.8. The van der Waals surface area contributed by atoms with Crippen molar-refractivity contribution < 1.29 is 9.90 Å². The first-order chi connectivity index (χ1) is 9.69. The van der Waals surface area contributed by atoms with Crippen LogP contribution in [0.3, 0.4) is 0 Å². The average Bonchev–Trinajstić information content (AvgIpc) is 2.92. The highest BCUT2D eigenvalue weighted by Gasteiger charge is 2.17. The fourth-order valence-corrected chi connectivity index (χ4v) is 2.79. The monoisotopic (exact) mass is 276 g/mol. The summed E-state index contributed by atoms with van der Waals surface area (Å²) in [6.07, 6.45) is 3.68. The van der Waals surface area contributed by atoms with E-state index in [1.807, 2.05) is 12.1 Å². The maximum Gasteiger partial charge on any atom is 0.335 e. The molecule has 4 heteroatoms. The first-order valence-corrected chi connectivity index (χ1v) is 7.47. The van der Waals surface area contributed by atoms with Gasteiger partial charge in [-0.15, -0.1) is 0 Å². The van der Waals surface area contributed by atoms with E-state index in [1.165, 1.54) is 18.4 Å². The van der Waals surface area contributed by atoms with E-state index in [1.54, 1.807) is 12.1 Å². The van der Waals surface area contributed by atoms with Gasteiger partial charge in [0.25, 0.3) is 0 Å². The zero-order valence-electron chi connectivity index (χ0n) is 12.1. The summed E-state index contributed by atoms with van der Waals surface area (Å²) in [4.78, 5) is 13.3. The van der Waals surface area contributed by atoms with Crippen LogP contribution < -0.4 is 5.32 Å². The van der Waals surface area contributed by atoms with Crippen molar-refractivity contribution in [2.75, 3.05) is 19.6 Å². The summed E-state index contributed by atoms with van der Waals surface area (Å²) >= 11 is 0. The van der Waals surface area contributed by atoms with Gasteiger partial charge < -0.3 is 10.4 Å². The number of benzene rings is 1. The minimum Gasteiger partial charge on any atom is -0.478 e. The van der Waals surface area contributed by atoms with Gasteiger partial charge in [0.2, 0.25) is 0 Å². The lowest BCUT2D eigenvalue weighted by molar-refractivity contribution is 0.0697. The van der Waals surface area contributed by atoms with Gasteiger partial charge in [0.15, 0.2) is 0 Å². The molecule has 20 heavy (non-hydrogen) atoms. The van der Waals surface area contributed by atoms with E-state index in [4.69, 9.17) is 5.11 Å². The number of rotatable bonds is 7. The highest BCUT2D eigenvalue weighted by atomic mass is 16.4. The van der Waals surface area contributed by atoms with E-state index < -0.39 is 5.97 Å². The second-order valence-corrected chi connectivity index (χ2v) is 5.53. The number of nitrogens with zero attached hydrogens (tertiary/aromatic N) is 1. The Hall–Kier alpha value is -1.39. The molecule has 1 aromatic rings. The Morgan fingerprint density at radius 2 is 2.15 bits per heavy atom. The fourth-order valence-electron chi connectivity index (χ4n) is 2.79. The van der Waals surface area contributed by atoms with Gasteiger partial charge in [-0.25, -0.2) is 4.79 Å². The molecule has 0 aromatic heterocycles. The van der Waals surface area contributed by atoms with E-state index in [2.05, 4.69) is 17.1 Å². The molecule has 1 atom stereocenters. The Balaban J connectivity index is 1.93. The van der Waals surface area contributed by atoms with Crippen LogP contribution in [0.1, 0.15) is 42.1 Å². The van der Waals surface area contributed by atoms with Gasteiger partial charge in [0.1, 0.15) is 0 Å². The van der Waals surface area contributed by atoms with Crippen LogP contribution in [0, 0.1) is 0 Å². The molecule has 2 N–H and O–H groups in total. The van der Waals surface area contributed by atoms with Crippen molar-refractivity contribution in [3.63, 3.8) is 0 Å². The van der Waals surface area contributed by atoms with Crippen LogP contribution in [-0.4, -0.2) is 41.7 Å². The molecule has 1 aliphatic heterocycles. The Morgan fingerprint density at radius 1 is 1.40 bits per heavy atom. The number of carboxylic acids is 1. The molecule has 0 amide bonds. The van der Waals surface area contributed by atoms with Crippen LogP contribution in [0.25, 0.3) is 0 Å². The van der Waals surface area contributed by atoms with Gasteiger partial charge in [-0.3, -0.25) is 4.90 Å². The van der Waals surface area contributed by atoms with Gasteiger partial charge in [-0.1, -0.05) is 19.1 Å². The van der Waals surface area contributed by atoms with E-state index in [9.17, 15) is 4.79 Å². The van der Waals surface area contributed by atoms with Crippen LogP contribution in [0.4, 0.5) is 0 Å². The molecule has 0 aliphatic carbocycles. The van der Waals surface area contributed by atoms with Crippen molar-refractivity contribution in [1.82, 2.24) is 10.2 Å². The summed E-state index contributed by atoms with van der Waals surface area (Å²) in [6.45, 7) is 6.39. The highest BCUT2D eigenvalue weighted by molar-refractivity contribution is 5.87. The zero-order valence-corrected chi connectivity index (χ0v) is 12.1. The maximum absolute atomic E-state index is 10.8. The largest absolute Gasteiger partial charge is 0.478 e. The smallest absolute Gasteiger partial charge is 0.335 e. The number of hydrogen-bond donors (Lipinski definition) is 2. The molecule has 0 bridgehead atoms. The second-order valence-electron chi connectivity index (χ2n) is 5.53. The molecule has 4 nitrogen and oxygen atoms in total. The van der Waals surface area contributed by atoms with Crippen molar-refractivity contribution in [1.29, 1.82) is 0 Å². The number of carboxylic acid groups (broad SMARTS) is 1. The third-order valence-corrected chi connectivity index (χ3v) is 3.79. The molecule has 1 fully saturated rings. The minimum absolute atomic E-state index is 0.355. The van der Waals surface area contributed by atoms with Gasteiger partial charge in [-0.05, 0) is 50.0 Å². The number of aromatic carboxylic acids is 1. The molecule has 0 saturated carbocycles. The Bertz CT molecular complexity index is 425. The molecule has 1 aliphatic rings. The standard InChI is InChI=1S/C16H24N2O2/c1-2-10-18(12-15-4-3-9-17-15)11-13-5-7-14(8-6-13)16(19)20/h5-8,15,17H,2-4,9-12H2,1H3,(H,19,20). The van der Waals surface area contributed by atoms with Crippen LogP contribution in [0.15, 0.2) is 24.3 Å². The molecule has 1 saturated heterocycles. The molecule has 1 unspecified atom stereocenters. The van der Waals surface area contributed by atoms with Crippen LogP contribution in [0.5, 0.6) is 0 Å². The number of carbonyl (C=O) groups is 1. The lowest BCUT2D eigenvalue weighted by atomic mass is 10.1. The van der Waals surface area contributed by atoms with Gasteiger partial charge in [-0.2, -0.15) is 0 Å². The molecular weight excluding hydrogens is 252 g/mol. The Kier molecular flexibility index (Phi) is 5.56. The van der Waals surface area contributed by atoms with Crippen molar-refractivity contribution in [3.8, 4) is 0 Å². The minimum atomic E-state index is -0.864. The van der Waals surface area contributed by atoms with Crippen molar-refractivity contribution in [2.45, 2.75) is 38.8 Å². The van der Waals surface area contributed by atoms with Gasteiger partial charge in [0.05, 0.1) is 5.56 Å². The first kappa shape index (κ1) is 15.0. The van der Waals surface area contributed by atoms with Crippen molar-refractivity contribution in [2.24, 2.45) is 0 Å². The summed E-state index contributed by atoms with van der Waals surface area (Å²) in [5.74, 6) is -0.864. The topological polar surface area (TPSA) is 52.6 Å². The predicted octanol–water partition coefficient (Wildman–Crippen LogP) is 2.35. The van der Waals surface area contributed by atoms with Crippen molar-refractivity contribution in [3.05, 3.63) is 35.4 Å². The summed E-state index contributed by atoms with van der Waals surface area (Å²) in [5, 5.41) is 12.4. The highest BCUT2D eigenvalue weighted by Crippen LogP contribution is 2.12. The normalized spacial score (nSPS) is 18.6. The van der Waals surface area contributed by atoms with Gasteiger partial charge >= 0.3 is 5.97 Å². The zero-order chi connectivity index (χ0) is 14.4. The van der Waals surface area contributed by atoms with Crippen LogP contribution in [-0.2, 0) is 6.54 Å². The van der Waals surface area contributed by atoms with E-state index in [-0.39, 0.29) is 0 Å². The number of hydrogen-bond acceptors (Lipinski definition) is 3. The quantitative estimate of drug-likeness (QED) is 0.802. The molecule has 110 valence electrons. The lowest BCUT2D eigenvalue weighted by Gasteiger charge is -2.25. The molecular formula is C16H24N2O2. The van der Waals surface area contributed by atoms with E-state index in [0.717, 1.165) is 32.6 Å². The predicted molar refractivity (Wildman–Crippen MR) is 80.0 cm³/mol. The average molecular weight is 276 g/mol. The SMILES string of the molecule is CCCN(Cc1ccc(C(=O)O)cc1)CC1CCCN1.